The fourth-order valence-electron chi connectivity index (χ4n) is 4.83. The Morgan fingerprint density at radius 2 is 1.74 bits per heavy atom. The molecular weight excluding hydrogens is 478 g/mol. The molecule has 0 N–H and O–H groups in total. The van der Waals surface area contributed by atoms with Gasteiger partial charge in [0.1, 0.15) is 5.82 Å². The van der Waals surface area contributed by atoms with Crippen LogP contribution in [-0.4, -0.2) is 53.0 Å². The van der Waals surface area contributed by atoms with E-state index >= 15 is 0 Å². The molecule has 0 saturated heterocycles. The molecule has 202 valence electrons. The Balaban J connectivity index is 1.69. The van der Waals surface area contributed by atoms with Crippen LogP contribution in [0, 0.1) is 11.8 Å². The maximum Gasteiger partial charge on any atom is 0.292 e. The molecule has 0 unspecified atom stereocenters. The molecule has 2 amide bonds. The molecular formula is C30H39N5O3. The number of pyridine rings is 1. The molecule has 8 nitrogen and oxygen atoms in total. The van der Waals surface area contributed by atoms with Crippen LogP contribution in [0.2, 0.25) is 0 Å². The topological polar surface area (TPSA) is 82.8 Å². The molecule has 4 rings (SSSR count). The molecule has 0 aliphatic carbocycles. The third-order valence-electron chi connectivity index (χ3n) is 6.62. The first-order chi connectivity index (χ1) is 18.3. The van der Waals surface area contributed by atoms with Crippen LogP contribution in [0.15, 0.2) is 59.3 Å². The van der Waals surface area contributed by atoms with Crippen molar-refractivity contribution in [3.63, 3.8) is 0 Å². The average molecular weight is 518 g/mol. The van der Waals surface area contributed by atoms with E-state index < -0.39 is 0 Å². The van der Waals surface area contributed by atoms with Gasteiger partial charge in [-0.15, -0.1) is 0 Å². The Morgan fingerprint density at radius 1 is 0.947 bits per heavy atom. The second-order valence-electron chi connectivity index (χ2n) is 10.8. The highest BCUT2D eigenvalue weighted by Gasteiger charge is 2.26. The molecule has 2 aromatic heterocycles. The lowest BCUT2D eigenvalue weighted by molar-refractivity contribution is -0.119. The number of anilines is 2. The summed E-state index contributed by atoms with van der Waals surface area (Å²) < 4.78 is 5.50. The summed E-state index contributed by atoms with van der Waals surface area (Å²) in [6.45, 7) is 11.1. The highest BCUT2D eigenvalue weighted by Crippen LogP contribution is 2.26. The predicted octanol–water partition coefficient (Wildman–Crippen LogP) is 5.20. The molecule has 0 atom stereocenters. The van der Waals surface area contributed by atoms with E-state index in [1.807, 2.05) is 47.4 Å². The van der Waals surface area contributed by atoms with E-state index in [2.05, 4.69) is 42.7 Å². The fourth-order valence-corrected chi connectivity index (χ4v) is 4.83. The smallest absolute Gasteiger partial charge is 0.292 e. The molecule has 38 heavy (non-hydrogen) atoms. The molecule has 0 fully saturated rings. The molecule has 3 heterocycles. The third kappa shape index (κ3) is 7.00. The minimum atomic E-state index is -0.206. The van der Waals surface area contributed by atoms with Gasteiger partial charge in [-0.3, -0.25) is 9.59 Å². The standard InChI is InChI=1S/C30H39N5O3/c1-22(2)18-25-20-27(38-32-25)30(37)34-17-16-33(28-12-7-8-13-31-28)14-9-15-35(29(36)19-23(3)4)26-11-6-5-10-24(26)21-34/h5-8,10-13,20,22-23H,9,14-19,21H2,1-4H3. The number of amides is 2. The van der Waals surface area contributed by atoms with Gasteiger partial charge < -0.3 is 19.2 Å². The first-order valence-corrected chi connectivity index (χ1v) is 13.6. The summed E-state index contributed by atoms with van der Waals surface area (Å²) in [5.41, 5.74) is 2.58. The summed E-state index contributed by atoms with van der Waals surface area (Å²) in [6, 6.07) is 15.5. The van der Waals surface area contributed by atoms with Gasteiger partial charge in [0.25, 0.3) is 5.91 Å². The quantitative estimate of drug-likeness (QED) is 0.447. The molecule has 1 aromatic carbocycles. The van der Waals surface area contributed by atoms with Crippen LogP contribution in [0.1, 0.15) is 62.3 Å². The van der Waals surface area contributed by atoms with Crippen molar-refractivity contribution in [3.05, 3.63) is 71.7 Å². The van der Waals surface area contributed by atoms with Gasteiger partial charge in [-0.05, 0) is 48.4 Å². The summed E-state index contributed by atoms with van der Waals surface area (Å²) in [5.74, 6) is 1.65. The highest BCUT2D eigenvalue weighted by molar-refractivity contribution is 5.95. The summed E-state index contributed by atoms with van der Waals surface area (Å²) in [6.07, 6.45) is 3.78. The number of benzene rings is 1. The number of para-hydroxylation sites is 1. The Kier molecular flexibility index (Phi) is 9.15. The van der Waals surface area contributed by atoms with E-state index in [9.17, 15) is 9.59 Å². The molecule has 8 heteroatoms. The van der Waals surface area contributed by atoms with Gasteiger partial charge in [0.05, 0.1) is 5.69 Å². The highest BCUT2D eigenvalue weighted by atomic mass is 16.5. The van der Waals surface area contributed by atoms with Crippen molar-refractivity contribution in [1.82, 2.24) is 15.0 Å². The molecule has 1 aliphatic rings. The lowest BCUT2D eigenvalue weighted by atomic mass is 10.1. The summed E-state index contributed by atoms with van der Waals surface area (Å²) in [4.78, 5) is 37.6. The van der Waals surface area contributed by atoms with E-state index in [-0.39, 0.29) is 23.5 Å². The second-order valence-corrected chi connectivity index (χ2v) is 10.8. The number of fused-ring (bicyclic) bond motifs is 1. The average Bonchev–Trinajstić information content (AvgIpc) is 3.33. The van der Waals surface area contributed by atoms with Crippen molar-refractivity contribution < 1.29 is 14.1 Å². The first-order valence-electron chi connectivity index (χ1n) is 13.6. The molecule has 0 spiro atoms. The lowest BCUT2D eigenvalue weighted by Crippen LogP contribution is -2.39. The van der Waals surface area contributed by atoms with Gasteiger partial charge in [-0.2, -0.15) is 0 Å². The van der Waals surface area contributed by atoms with Crippen molar-refractivity contribution in [2.45, 2.75) is 53.5 Å². The van der Waals surface area contributed by atoms with Crippen LogP contribution < -0.4 is 9.80 Å². The summed E-state index contributed by atoms with van der Waals surface area (Å²) >= 11 is 0. The van der Waals surface area contributed by atoms with Crippen molar-refractivity contribution in [1.29, 1.82) is 0 Å². The van der Waals surface area contributed by atoms with E-state index in [1.165, 1.54) is 0 Å². The van der Waals surface area contributed by atoms with Crippen LogP contribution in [0.5, 0.6) is 0 Å². The Hall–Kier alpha value is -3.68. The molecule has 0 radical (unpaired) electrons. The van der Waals surface area contributed by atoms with Crippen molar-refractivity contribution in [2.24, 2.45) is 11.8 Å². The summed E-state index contributed by atoms with van der Waals surface area (Å²) in [5, 5.41) is 4.14. The SMILES string of the molecule is CC(C)CC(=O)N1CCCN(c2ccccn2)CCN(C(=O)c2cc(CC(C)C)no2)Cc2ccccc21. The van der Waals surface area contributed by atoms with Crippen molar-refractivity contribution in [3.8, 4) is 0 Å². The van der Waals surface area contributed by atoms with E-state index in [4.69, 9.17) is 4.52 Å². The summed E-state index contributed by atoms with van der Waals surface area (Å²) in [7, 11) is 0. The van der Waals surface area contributed by atoms with Crippen LogP contribution in [0.4, 0.5) is 11.5 Å². The lowest BCUT2D eigenvalue weighted by Gasteiger charge is -2.28. The minimum Gasteiger partial charge on any atom is -0.355 e. The van der Waals surface area contributed by atoms with E-state index in [0.29, 0.717) is 45.1 Å². The largest absolute Gasteiger partial charge is 0.355 e. The Labute approximate surface area is 225 Å². The van der Waals surface area contributed by atoms with E-state index in [0.717, 1.165) is 35.6 Å². The zero-order valence-corrected chi connectivity index (χ0v) is 23.0. The van der Waals surface area contributed by atoms with Crippen LogP contribution in [0.25, 0.3) is 0 Å². The van der Waals surface area contributed by atoms with Gasteiger partial charge in [0, 0.05) is 57.1 Å². The first kappa shape index (κ1) is 27.4. The van der Waals surface area contributed by atoms with Gasteiger partial charge in [-0.1, -0.05) is 57.1 Å². The number of hydrogen-bond donors (Lipinski definition) is 0. The third-order valence-corrected chi connectivity index (χ3v) is 6.62. The van der Waals surface area contributed by atoms with Crippen LogP contribution >= 0.6 is 0 Å². The number of hydrogen-bond acceptors (Lipinski definition) is 6. The number of carbonyl (C=O) groups excluding carboxylic acids is 2. The monoisotopic (exact) mass is 517 g/mol. The zero-order valence-electron chi connectivity index (χ0n) is 23.0. The molecule has 0 bridgehead atoms. The van der Waals surface area contributed by atoms with Gasteiger partial charge in [0.2, 0.25) is 11.7 Å². The van der Waals surface area contributed by atoms with E-state index in [1.54, 1.807) is 17.2 Å². The maximum atomic E-state index is 13.7. The van der Waals surface area contributed by atoms with Crippen LogP contribution in [0.3, 0.4) is 0 Å². The van der Waals surface area contributed by atoms with Gasteiger partial charge in [0.15, 0.2) is 0 Å². The van der Waals surface area contributed by atoms with Crippen LogP contribution in [-0.2, 0) is 17.8 Å². The molecule has 0 saturated carbocycles. The molecule has 3 aromatic rings. The number of aromatic nitrogens is 2. The predicted molar refractivity (Wildman–Crippen MR) is 149 cm³/mol. The normalized spacial score (nSPS) is 14.9. The number of carbonyl (C=O) groups is 2. The minimum absolute atomic E-state index is 0.0996. The van der Waals surface area contributed by atoms with Crippen molar-refractivity contribution in [2.75, 3.05) is 36.0 Å². The molecule has 1 aliphatic heterocycles. The Bertz CT molecular complexity index is 1210. The maximum absolute atomic E-state index is 13.7. The fraction of sp³-hybridized carbons (Fsp3) is 0.467. The van der Waals surface area contributed by atoms with Gasteiger partial charge in [-0.25, -0.2) is 4.98 Å². The zero-order chi connectivity index (χ0) is 27.1. The van der Waals surface area contributed by atoms with Crippen molar-refractivity contribution >= 4 is 23.3 Å². The Morgan fingerprint density at radius 3 is 2.47 bits per heavy atom. The number of nitrogens with zero attached hydrogens (tertiary/aromatic N) is 5. The second kappa shape index (κ2) is 12.7. The van der Waals surface area contributed by atoms with Gasteiger partial charge >= 0.3 is 0 Å². The number of rotatable bonds is 6.